The largest absolute Gasteiger partial charge is 0.496 e. The molecule has 3 aromatic rings. The molecule has 0 radical (unpaired) electrons. The summed E-state index contributed by atoms with van der Waals surface area (Å²) in [5, 5.41) is 3.06. The Kier molecular flexibility index (Phi) is 9.45. The van der Waals surface area contributed by atoms with Crippen LogP contribution in [-0.4, -0.2) is 48.7 Å². The summed E-state index contributed by atoms with van der Waals surface area (Å²) in [5.74, 6) is 1.20. The smallest absolute Gasteiger partial charge is 0.255 e. The zero-order chi connectivity index (χ0) is 26.2. The molecule has 37 heavy (non-hydrogen) atoms. The lowest BCUT2D eigenvalue weighted by Gasteiger charge is -2.22. The number of ether oxygens (including phenoxy) is 1. The Hall–Kier alpha value is -3.05. The third kappa shape index (κ3) is 6.64. The average molecular weight is 502 g/mol. The van der Waals surface area contributed by atoms with Crippen LogP contribution in [-0.2, 0) is 0 Å². The number of carbonyl (C=O) groups is 1. The number of hydrogen-bond acceptors (Lipinski definition) is 3. The van der Waals surface area contributed by atoms with Crippen molar-refractivity contribution in [2.24, 2.45) is 0 Å². The van der Waals surface area contributed by atoms with Crippen molar-refractivity contribution < 1.29 is 9.53 Å². The van der Waals surface area contributed by atoms with Gasteiger partial charge in [0.25, 0.3) is 5.91 Å². The Bertz CT molecular complexity index is 1160. The molecule has 1 aromatic heterocycles. The van der Waals surface area contributed by atoms with E-state index in [1.165, 1.54) is 48.8 Å². The predicted octanol–water partition coefficient (Wildman–Crippen LogP) is 6.97. The highest BCUT2D eigenvalue weighted by molar-refractivity contribution is 5.97. The van der Waals surface area contributed by atoms with Gasteiger partial charge in [-0.15, -0.1) is 0 Å². The molecule has 1 heterocycles. The maximum Gasteiger partial charge on any atom is 0.255 e. The fraction of sp³-hybridized carbons (Fsp3) is 0.469. The van der Waals surface area contributed by atoms with E-state index in [-0.39, 0.29) is 5.91 Å². The van der Waals surface area contributed by atoms with E-state index in [1.54, 1.807) is 7.11 Å². The van der Waals surface area contributed by atoms with Crippen LogP contribution in [0, 0.1) is 6.92 Å². The number of amides is 1. The van der Waals surface area contributed by atoms with E-state index < -0.39 is 0 Å². The minimum absolute atomic E-state index is 0.0924. The summed E-state index contributed by atoms with van der Waals surface area (Å²) in [6.45, 7) is 10.2. The van der Waals surface area contributed by atoms with Gasteiger partial charge in [0.15, 0.2) is 0 Å². The number of aryl methyl sites for hydroxylation is 1. The number of benzene rings is 2. The van der Waals surface area contributed by atoms with Crippen molar-refractivity contribution in [3.8, 4) is 22.7 Å². The molecular formula is C32H43N3O2. The molecular weight excluding hydrogens is 458 g/mol. The summed E-state index contributed by atoms with van der Waals surface area (Å²) >= 11 is 0. The van der Waals surface area contributed by atoms with Crippen molar-refractivity contribution in [3.63, 3.8) is 0 Å². The summed E-state index contributed by atoms with van der Waals surface area (Å²) in [7, 11) is 1.63. The second-order valence-electron chi connectivity index (χ2n) is 10.3. The third-order valence-corrected chi connectivity index (χ3v) is 7.78. The molecule has 1 amide bonds. The second kappa shape index (κ2) is 13.0. The van der Waals surface area contributed by atoms with Gasteiger partial charge in [-0.25, -0.2) is 0 Å². The maximum absolute atomic E-state index is 12.9. The first-order chi connectivity index (χ1) is 18.0. The molecule has 2 aromatic carbocycles. The molecule has 0 unspecified atom stereocenters. The van der Waals surface area contributed by atoms with Crippen molar-refractivity contribution in [3.05, 3.63) is 71.4 Å². The van der Waals surface area contributed by atoms with Gasteiger partial charge in [-0.05, 0) is 86.6 Å². The van der Waals surface area contributed by atoms with Crippen LogP contribution in [0.3, 0.4) is 0 Å². The number of carbonyl (C=O) groups excluding carboxylic acids is 1. The first-order valence-corrected chi connectivity index (χ1v) is 14.0. The van der Waals surface area contributed by atoms with E-state index in [4.69, 9.17) is 4.74 Å². The van der Waals surface area contributed by atoms with E-state index in [0.29, 0.717) is 23.8 Å². The third-order valence-electron chi connectivity index (χ3n) is 7.78. The number of nitrogens with one attached hydrogen (secondary N) is 1. The molecule has 4 rings (SSSR count). The van der Waals surface area contributed by atoms with E-state index in [0.717, 1.165) is 37.4 Å². The van der Waals surface area contributed by atoms with E-state index in [9.17, 15) is 4.79 Å². The maximum atomic E-state index is 12.9. The van der Waals surface area contributed by atoms with Crippen LogP contribution in [0.15, 0.2) is 54.7 Å². The van der Waals surface area contributed by atoms with Gasteiger partial charge in [0.2, 0.25) is 0 Å². The monoisotopic (exact) mass is 501 g/mol. The first-order valence-electron chi connectivity index (χ1n) is 14.0. The Morgan fingerprint density at radius 1 is 1.03 bits per heavy atom. The van der Waals surface area contributed by atoms with E-state index in [1.807, 2.05) is 18.2 Å². The molecule has 0 spiro atoms. The molecule has 1 N–H and O–H groups in total. The SMILES string of the molecule is CCN(CC)CCCNC(=O)c1ccc(-n2cc(C)cc2-c2ccc(C3CCCCC3)cc2)cc1OC. The second-order valence-corrected chi connectivity index (χ2v) is 10.3. The number of hydrogen-bond donors (Lipinski definition) is 1. The number of nitrogens with zero attached hydrogens (tertiary/aromatic N) is 2. The van der Waals surface area contributed by atoms with Crippen LogP contribution < -0.4 is 10.1 Å². The minimum Gasteiger partial charge on any atom is -0.496 e. The summed E-state index contributed by atoms with van der Waals surface area (Å²) in [6.07, 6.45) is 9.77. The van der Waals surface area contributed by atoms with Crippen molar-refractivity contribution in [1.29, 1.82) is 0 Å². The zero-order valence-corrected chi connectivity index (χ0v) is 23.1. The fourth-order valence-corrected chi connectivity index (χ4v) is 5.55. The molecule has 1 aliphatic rings. The molecule has 1 saturated carbocycles. The molecule has 0 atom stereocenters. The predicted molar refractivity (Wildman–Crippen MR) is 153 cm³/mol. The summed E-state index contributed by atoms with van der Waals surface area (Å²) in [4.78, 5) is 15.3. The normalized spacial score (nSPS) is 14.2. The fourth-order valence-electron chi connectivity index (χ4n) is 5.55. The molecule has 1 aliphatic carbocycles. The highest BCUT2D eigenvalue weighted by atomic mass is 16.5. The molecule has 0 saturated heterocycles. The summed E-state index contributed by atoms with van der Waals surface area (Å²) in [5.41, 5.74) is 6.54. The van der Waals surface area contributed by atoms with Crippen LogP contribution >= 0.6 is 0 Å². The van der Waals surface area contributed by atoms with Crippen molar-refractivity contribution in [1.82, 2.24) is 14.8 Å². The van der Waals surface area contributed by atoms with Gasteiger partial charge in [-0.1, -0.05) is 57.4 Å². The molecule has 0 bridgehead atoms. The van der Waals surface area contributed by atoms with Gasteiger partial charge in [-0.3, -0.25) is 4.79 Å². The van der Waals surface area contributed by atoms with Crippen molar-refractivity contribution in [2.75, 3.05) is 33.3 Å². The van der Waals surface area contributed by atoms with Gasteiger partial charge in [-0.2, -0.15) is 0 Å². The van der Waals surface area contributed by atoms with E-state index in [2.05, 4.69) is 72.1 Å². The van der Waals surface area contributed by atoms with Crippen LogP contribution in [0.4, 0.5) is 0 Å². The topological polar surface area (TPSA) is 46.5 Å². The lowest BCUT2D eigenvalue weighted by atomic mass is 9.84. The zero-order valence-electron chi connectivity index (χ0n) is 23.1. The minimum atomic E-state index is -0.0924. The van der Waals surface area contributed by atoms with Gasteiger partial charge in [0, 0.05) is 24.5 Å². The summed E-state index contributed by atoms with van der Waals surface area (Å²) < 4.78 is 7.85. The van der Waals surface area contributed by atoms with Crippen LogP contribution in [0.25, 0.3) is 16.9 Å². The summed E-state index contributed by atoms with van der Waals surface area (Å²) in [6, 6.07) is 17.2. The van der Waals surface area contributed by atoms with Crippen molar-refractivity contribution in [2.45, 2.75) is 65.2 Å². The first kappa shape index (κ1) is 27.0. The molecule has 0 aliphatic heterocycles. The van der Waals surface area contributed by atoms with Crippen LogP contribution in [0.5, 0.6) is 5.75 Å². The average Bonchev–Trinajstić information content (AvgIpc) is 3.34. The lowest BCUT2D eigenvalue weighted by molar-refractivity contribution is 0.0949. The highest BCUT2D eigenvalue weighted by Crippen LogP contribution is 2.34. The standard InChI is InChI=1S/C32H43N3O2/c1-5-34(6-2)20-10-19-33-32(36)29-18-17-28(22-31(29)37-4)35-23-24(3)21-30(35)27-15-13-26(14-16-27)25-11-8-7-9-12-25/h13-18,21-23,25H,5-12,19-20H2,1-4H3,(H,33,36). The van der Waals surface area contributed by atoms with E-state index >= 15 is 0 Å². The Morgan fingerprint density at radius 3 is 2.43 bits per heavy atom. The Morgan fingerprint density at radius 2 is 1.76 bits per heavy atom. The molecule has 198 valence electrons. The van der Waals surface area contributed by atoms with Crippen molar-refractivity contribution >= 4 is 5.91 Å². The van der Waals surface area contributed by atoms with Crippen LogP contribution in [0.2, 0.25) is 0 Å². The van der Waals surface area contributed by atoms with Gasteiger partial charge >= 0.3 is 0 Å². The Labute approximate surface area is 222 Å². The number of methoxy groups -OCH3 is 1. The molecule has 1 fully saturated rings. The number of rotatable bonds is 11. The number of aromatic nitrogens is 1. The van der Waals surface area contributed by atoms with Gasteiger partial charge in [0.1, 0.15) is 5.75 Å². The van der Waals surface area contributed by atoms with Gasteiger partial charge in [0.05, 0.1) is 18.4 Å². The van der Waals surface area contributed by atoms with Gasteiger partial charge < -0.3 is 19.5 Å². The molecule has 5 heteroatoms. The highest BCUT2D eigenvalue weighted by Gasteiger charge is 2.17. The molecule has 5 nitrogen and oxygen atoms in total. The quantitative estimate of drug-likeness (QED) is 0.289. The van der Waals surface area contributed by atoms with Crippen LogP contribution in [0.1, 0.15) is 79.8 Å². The Balaban J connectivity index is 1.50. The lowest BCUT2D eigenvalue weighted by Crippen LogP contribution is -2.30.